The molecular weight excluding hydrogens is 304 g/mol. The van der Waals surface area contributed by atoms with Crippen molar-refractivity contribution in [3.63, 3.8) is 0 Å². The molecule has 1 atom stereocenters. The predicted octanol–water partition coefficient (Wildman–Crippen LogP) is 1.89. The summed E-state index contributed by atoms with van der Waals surface area (Å²) in [5, 5.41) is 3.95. The third-order valence-electron chi connectivity index (χ3n) is 3.17. The van der Waals surface area contributed by atoms with Gasteiger partial charge in [0.05, 0.1) is 11.4 Å². The Labute approximate surface area is 122 Å². The second-order valence-electron chi connectivity index (χ2n) is 6.08. The van der Waals surface area contributed by atoms with Crippen LogP contribution in [0.15, 0.2) is 10.6 Å². The lowest BCUT2D eigenvalue weighted by molar-refractivity contribution is -0.117. The molecule has 1 saturated heterocycles. The molecule has 0 saturated carbocycles. The van der Waals surface area contributed by atoms with Crippen LogP contribution in [0.2, 0.25) is 0 Å². The predicted molar refractivity (Wildman–Crippen MR) is 75.3 cm³/mol. The van der Waals surface area contributed by atoms with Gasteiger partial charge in [-0.25, -0.2) is 8.42 Å². The van der Waals surface area contributed by atoms with Crippen molar-refractivity contribution in [3.8, 4) is 0 Å². The monoisotopic (exact) mass is 320 g/mol. The molecule has 0 aromatic carbocycles. The van der Waals surface area contributed by atoms with E-state index in [0.717, 1.165) is 5.69 Å². The van der Waals surface area contributed by atoms with Crippen molar-refractivity contribution in [1.82, 2.24) is 5.16 Å². The van der Waals surface area contributed by atoms with E-state index < -0.39 is 9.05 Å². The first kappa shape index (κ1) is 15.3. The first-order valence-electron chi connectivity index (χ1n) is 6.26. The molecule has 2 rings (SSSR count). The lowest BCUT2D eigenvalue weighted by atomic mass is 9.92. The molecule has 1 aliphatic heterocycles. The highest BCUT2D eigenvalue weighted by Gasteiger charge is 2.35. The van der Waals surface area contributed by atoms with Crippen molar-refractivity contribution < 1.29 is 17.7 Å². The number of halogens is 1. The SMILES string of the molecule is CC(C)(C)c1cc(N2CC(CS(=O)(=O)Cl)CC2=O)on1. The maximum absolute atomic E-state index is 11.9. The van der Waals surface area contributed by atoms with Gasteiger partial charge in [0.1, 0.15) is 0 Å². The molecule has 8 heteroatoms. The normalized spacial score (nSPS) is 20.7. The minimum Gasteiger partial charge on any atom is -0.338 e. The first-order valence-corrected chi connectivity index (χ1v) is 8.74. The Morgan fingerprint density at radius 3 is 2.65 bits per heavy atom. The largest absolute Gasteiger partial charge is 0.338 e. The highest BCUT2D eigenvalue weighted by Crippen LogP contribution is 2.30. The molecule has 1 amide bonds. The van der Waals surface area contributed by atoms with Crippen LogP contribution in [0.1, 0.15) is 32.9 Å². The van der Waals surface area contributed by atoms with Crippen molar-refractivity contribution in [3.05, 3.63) is 11.8 Å². The quantitative estimate of drug-likeness (QED) is 0.794. The number of nitrogens with zero attached hydrogens (tertiary/aromatic N) is 2. The molecule has 0 bridgehead atoms. The van der Waals surface area contributed by atoms with Crippen LogP contribution in [0, 0.1) is 5.92 Å². The van der Waals surface area contributed by atoms with Gasteiger partial charge < -0.3 is 4.52 Å². The molecule has 0 spiro atoms. The van der Waals surface area contributed by atoms with E-state index in [-0.39, 0.29) is 36.0 Å². The second-order valence-corrected chi connectivity index (χ2v) is 8.90. The van der Waals surface area contributed by atoms with E-state index in [1.54, 1.807) is 6.07 Å². The van der Waals surface area contributed by atoms with Crippen molar-refractivity contribution in [2.24, 2.45) is 5.92 Å². The molecule has 1 aliphatic rings. The fourth-order valence-electron chi connectivity index (χ4n) is 2.13. The summed E-state index contributed by atoms with van der Waals surface area (Å²) < 4.78 is 27.3. The zero-order valence-corrected chi connectivity index (χ0v) is 13.2. The molecule has 0 aliphatic carbocycles. The maximum atomic E-state index is 11.9. The number of aromatic nitrogens is 1. The summed E-state index contributed by atoms with van der Waals surface area (Å²) in [6.07, 6.45) is 0.150. The molecule has 112 valence electrons. The van der Waals surface area contributed by atoms with Crippen LogP contribution in [0.5, 0.6) is 0 Å². The molecule has 2 heterocycles. The molecule has 20 heavy (non-hydrogen) atoms. The zero-order valence-electron chi connectivity index (χ0n) is 11.6. The van der Waals surface area contributed by atoms with Crippen molar-refractivity contribution in [2.45, 2.75) is 32.6 Å². The van der Waals surface area contributed by atoms with Crippen LogP contribution in [0.25, 0.3) is 0 Å². The van der Waals surface area contributed by atoms with Crippen LogP contribution in [0.3, 0.4) is 0 Å². The second kappa shape index (κ2) is 5.04. The summed E-state index contributed by atoms with van der Waals surface area (Å²) in [6, 6.07) is 1.72. The van der Waals surface area contributed by atoms with Gasteiger partial charge in [0.25, 0.3) is 0 Å². The van der Waals surface area contributed by atoms with E-state index in [9.17, 15) is 13.2 Å². The Morgan fingerprint density at radius 2 is 2.15 bits per heavy atom. The van der Waals surface area contributed by atoms with Crippen LogP contribution < -0.4 is 4.90 Å². The fourth-order valence-corrected chi connectivity index (χ4v) is 3.45. The molecular formula is C12H17ClN2O4S. The summed E-state index contributed by atoms with van der Waals surface area (Å²) in [5.41, 5.74) is 0.567. The zero-order chi connectivity index (χ0) is 15.1. The average Bonchev–Trinajstić information content (AvgIpc) is 2.81. The number of carbonyl (C=O) groups excluding carboxylic acids is 1. The number of carbonyl (C=O) groups is 1. The lowest BCUT2D eigenvalue weighted by Crippen LogP contribution is -2.24. The number of hydrogen-bond acceptors (Lipinski definition) is 5. The molecule has 0 N–H and O–H groups in total. The van der Waals surface area contributed by atoms with Gasteiger partial charge >= 0.3 is 0 Å². The van der Waals surface area contributed by atoms with E-state index in [0.29, 0.717) is 5.88 Å². The topological polar surface area (TPSA) is 80.5 Å². The Kier molecular flexibility index (Phi) is 3.85. The number of anilines is 1. The van der Waals surface area contributed by atoms with Crippen LogP contribution in [-0.2, 0) is 19.3 Å². The highest BCUT2D eigenvalue weighted by molar-refractivity contribution is 8.13. The number of hydrogen-bond donors (Lipinski definition) is 0. The van der Waals surface area contributed by atoms with Crippen LogP contribution in [-0.4, -0.2) is 31.8 Å². The minimum atomic E-state index is -3.61. The van der Waals surface area contributed by atoms with E-state index in [1.807, 2.05) is 20.8 Å². The van der Waals surface area contributed by atoms with Crippen molar-refractivity contribution >= 4 is 31.5 Å². The maximum Gasteiger partial charge on any atom is 0.234 e. The van der Waals surface area contributed by atoms with Crippen molar-refractivity contribution in [2.75, 3.05) is 17.2 Å². The van der Waals surface area contributed by atoms with E-state index in [4.69, 9.17) is 15.2 Å². The van der Waals surface area contributed by atoms with Gasteiger partial charge in [0.2, 0.25) is 20.8 Å². The summed E-state index contributed by atoms with van der Waals surface area (Å²) >= 11 is 0. The van der Waals surface area contributed by atoms with E-state index >= 15 is 0 Å². The van der Waals surface area contributed by atoms with Gasteiger partial charge in [0, 0.05) is 41.0 Å². The Hall–Kier alpha value is -1.08. The third kappa shape index (κ3) is 3.52. The molecule has 1 fully saturated rings. The minimum absolute atomic E-state index is 0.150. The number of rotatable bonds is 3. The van der Waals surface area contributed by atoms with E-state index in [2.05, 4.69) is 5.16 Å². The summed E-state index contributed by atoms with van der Waals surface area (Å²) in [5.74, 6) is -0.341. The molecule has 1 aromatic heterocycles. The Bertz CT molecular complexity index is 618. The molecule has 1 unspecified atom stereocenters. The van der Waals surface area contributed by atoms with Gasteiger partial charge in [-0.3, -0.25) is 9.69 Å². The summed E-state index contributed by atoms with van der Waals surface area (Å²) in [7, 11) is 1.62. The average molecular weight is 321 g/mol. The standard InChI is InChI=1S/C12H17ClN2O4S/c1-12(2,3)9-5-11(19-14-9)15-6-8(4-10(15)16)7-20(13,17)18/h5,8H,4,6-7H2,1-3H3. The highest BCUT2D eigenvalue weighted by atomic mass is 35.7. The first-order chi connectivity index (χ1) is 9.06. The van der Waals surface area contributed by atoms with Crippen LogP contribution in [0.4, 0.5) is 5.88 Å². The smallest absolute Gasteiger partial charge is 0.234 e. The fraction of sp³-hybridized carbons (Fsp3) is 0.667. The molecule has 0 radical (unpaired) electrons. The van der Waals surface area contributed by atoms with E-state index in [1.165, 1.54) is 4.90 Å². The Morgan fingerprint density at radius 1 is 1.50 bits per heavy atom. The summed E-state index contributed by atoms with van der Waals surface area (Å²) in [4.78, 5) is 13.4. The van der Waals surface area contributed by atoms with Gasteiger partial charge in [-0.2, -0.15) is 0 Å². The lowest BCUT2D eigenvalue weighted by Gasteiger charge is -2.13. The van der Waals surface area contributed by atoms with Gasteiger partial charge in [-0.05, 0) is 0 Å². The molecule has 6 nitrogen and oxygen atoms in total. The molecule has 1 aromatic rings. The van der Waals surface area contributed by atoms with Gasteiger partial charge in [-0.15, -0.1) is 0 Å². The van der Waals surface area contributed by atoms with Crippen molar-refractivity contribution in [1.29, 1.82) is 0 Å². The van der Waals surface area contributed by atoms with Crippen LogP contribution >= 0.6 is 10.7 Å². The van der Waals surface area contributed by atoms with Gasteiger partial charge in [-0.1, -0.05) is 25.9 Å². The third-order valence-corrected chi connectivity index (χ3v) is 4.42. The summed E-state index contributed by atoms with van der Waals surface area (Å²) in [6.45, 7) is 6.25. The number of amides is 1. The van der Waals surface area contributed by atoms with Gasteiger partial charge in [0.15, 0.2) is 0 Å². The Balaban J connectivity index is 2.14.